The van der Waals surface area contributed by atoms with Crippen molar-refractivity contribution in [3.8, 4) is 0 Å². The number of carbonyl (C=O) groups excluding carboxylic acids is 4. The van der Waals surface area contributed by atoms with E-state index < -0.39 is 70.8 Å². The molecule has 260 valence electrons. The van der Waals surface area contributed by atoms with Gasteiger partial charge in [-0.3, -0.25) is 19.2 Å². The number of hydrogen-bond acceptors (Lipinski definition) is 8. The molecule has 1 saturated carbocycles. The van der Waals surface area contributed by atoms with Crippen molar-refractivity contribution in [2.75, 3.05) is 23.7 Å². The minimum absolute atomic E-state index is 0.310. The van der Waals surface area contributed by atoms with Crippen LogP contribution in [0.3, 0.4) is 0 Å². The van der Waals surface area contributed by atoms with Gasteiger partial charge in [0.05, 0.1) is 23.7 Å². The number of hydrogen-bond donors (Lipinski definition) is 6. The summed E-state index contributed by atoms with van der Waals surface area (Å²) >= 11 is 0. The topological polar surface area (TPSA) is 209 Å². The van der Waals surface area contributed by atoms with Gasteiger partial charge < -0.3 is 41.0 Å². The predicted octanol–water partition coefficient (Wildman–Crippen LogP) is 4.05. The molecule has 2 aromatic rings. The maximum absolute atomic E-state index is 13.2. The van der Waals surface area contributed by atoms with Gasteiger partial charge in [0.1, 0.15) is 11.2 Å². The lowest BCUT2D eigenvalue weighted by atomic mass is 9.55. The van der Waals surface area contributed by atoms with Gasteiger partial charge in [0.2, 0.25) is 11.8 Å². The van der Waals surface area contributed by atoms with Crippen molar-refractivity contribution in [1.29, 1.82) is 0 Å². The molecule has 0 radical (unpaired) electrons. The number of alkyl carbamates (subject to hydrolysis) is 2. The van der Waals surface area contributed by atoms with E-state index >= 15 is 0 Å². The van der Waals surface area contributed by atoms with E-state index in [1.165, 1.54) is 0 Å². The normalized spacial score (nSPS) is 18.8. The van der Waals surface area contributed by atoms with E-state index in [0.717, 1.165) is 11.1 Å². The Kier molecular flexibility index (Phi) is 12.2. The number of ether oxygens (including phenoxy) is 2. The van der Waals surface area contributed by atoms with E-state index in [2.05, 4.69) is 21.3 Å². The Morgan fingerprint density at radius 3 is 1.15 bits per heavy atom. The number of carboxylic acids is 2. The van der Waals surface area contributed by atoms with Gasteiger partial charge in [-0.1, -0.05) is 24.3 Å². The zero-order valence-corrected chi connectivity index (χ0v) is 27.9. The van der Waals surface area contributed by atoms with Gasteiger partial charge >= 0.3 is 24.1 Å². The molecule has 3 rings (SSSR count). The summed E-state index contributed by atoms with van der Waals surface area (Å²) in [6, 6.07) is 13.1. The third-order valence-corrected chi connectivity index (χ3v) is 7.33. The van der Waals surface area contributed by atoms with Crippen molar-refractivity contribution < 1.29 is 48.5 Å². The Morgan fingerprint density at radius 1 is 0.562 bits per heavy atom. The molecule has 1 aliphatic carbocycles. The summed E-state index contributed by atoms with van der Waals surface area (Å²) in [6.45, 7) is 11.2. The molecule has 14 nitrogen and oxygen atoms in total. The number of amides is 4. The van der Waals surface area contributed by atoms with Crippen LogP contribution >= 0.6 is 0 Å². The van der Waals surface area contributed by atoms with Crippen LogP contribution in [0.5, 0.6) is 0 Å². The lowest BCUT2D eigenvalue weighted by molar-refractivity contribution is -0.178. The highest BCUT2D eigenvalue weighted by Gasteiger charge is 2.63. The van der Waals surface area contributed by atoms with Crippen LogP contribution in [0.15, 0.2) is 48.5 Å². The molecule has 2 aromatic carbocycles. The Bertz CT molecular complexity index is 1370. The molecule has 6 N–H and O–H groups in total. The first-order valence-corrected chi connectivity index (χ1v) is 15.5. The molecule has 0 spiro atoms. The Balaban J connectivity index is 1.57. The van der Waals surface area contributed by atoms with Crippen LogP contribution in [-0.4, -0.2) is 70.4 Å². The summed E-state index contributed by atoms with van der Waals surface area (Å²) in [5.41, 5.74) is 1.05. The highest BCUT2D eigenvalue weighted by atomic mass is 16.6. The first-order valence-electron chi connectivity index (χ1n) is 15.5. The van der Waals surface area contributed by atoms with E-state index in [1.54, 1.807) is 90.1 Å². The number of nitrogens with one attached hydrogen (secondary N) is 4. The van der Waals surface area contributed by atoms with Gasteiger partial charge in [0.25, 0.3) is 0 Å². The van der Waals surface area contributed by atoms with Crippen molar-refractivity contribution in [3.05, 3.63) is 59.7 Å². The first-order chi connectivity index (χ1) is 22.3. The number of carboxylic acid groups (broad SMARTS) is 2. The molecular formula is C34H44N4O10. The molecule has 0 aromatic heterocycles. The SMILES string of the molecule is CC(C)(C)OC(=O)NCCc1ccc(NC(=O)C2C(C(=O)O)C(C(=O)Nc3ccc(CCNC(=O)OC(C)(C)C)cc3)C2C(=O)O)cc1. The summed E-state index contributed by atoms with van der Waals surface area (Å²) in [4.78, 5) is 74.3. The highest BCUT2D eigenvalue weighted by Crippen LogP contribution is 2.48. The number of aliphatic carboxylic acids is 2. The third kappa shape index (κ3) is 11.0. The molecule has 0 heterocycles. The van der Waals surface area contributed by atoms with Crippen molar-refractivity contribution >= 4 is 47.3 Å². The number of benzene rings is 2. The van der Waals surface area contributed by atoms with Crippen LogP contribution in [0.4, 0.5) is 21.0 Å². The lowest BCUT2D eigenvalue weighted by Crippen LogP contribution is -2.61. The summed E-state index contributed by atoms with van der Waals surface area (Å²) < 4.78 is 10.4. The molecule has 0 atom stereocenters. The minimum Gasteiger partial charge on any atom is -0.481 e. The van der Waals surface area contributed by atoms with E-state index in [-0.39, 0.29) is 0 Å². The third-order valence-electron chi connectivity index (χ3n) is 7.33. The Hall–Kier alpha value is -5.14. The minimum atomic E-state index is -1.57. The van der Waals surface area contributed by atoms with Crippen molar-refractivity contribution in [2.24, 2.45) is 23.7 Å². The van der Waals surface area contributed by atoms with Gasteiger partial charge in [-0.05, 0) is 89.8 Å². The fourth-order valence-electron chi connectivity index (χ4n) is 5.22. The zero-order chi connectivity index (χ0) is 35.8. The van der Waals surface area contributed by atoms with Gasteiger partial charge in [0.15, 0.2) is 0 Å². The molecular weight excluding hydrogens is 624 g/mol. The molecule has 0 aliphatic heterocycles. The zero-order valence-electron chi connectivity index (χ0n) is 27.9. The molecule has 4 amide bonds. The Morgan fingerprint density at radius 2 is 0.875 bits per heavy atom. The fourth-order valence-corrected chi connectivity index (χ4v) is 5.22. The molecule has 0 unspecified atom stereocenters. The van der Waals surface area contributed by atoms with Crippen LogP contribution < -0.4 is 21.3 Å². The summed E-state index contributed by atoms with van der Waals surface area (Å²) in [5, 5.41) is 30.3. The average molecular weight is 669 g/mol. The summed E-state index contributed by atoms with van der Waals surface area (Å²) in [6.07, 6.45) is -0.134. The number of carbonyl (C=O) groups is 6. The van der Waals surface area contributed by atoms with E-state index in [4.69, 9.17) is 9.47 Å². The second kappa shape index (κ2) is 15.6. The second-order valence-corrected chi connectivity index (χ2v) is 13.5. The highest BCUT2D eigenvalue weighted by molar-refractivity contribution is 6.06. The quantitative estimate of drug-likeness (QED) is 0.191. The lowest BCUT2D eigenvalue weighted by Gasteiger charge is -2.45. The van der Waals surface area contributed by atoms with Crippen LogP contribution in [0.25, 0.3) is 0 Å². The van der Waals surface area contributed by atoms with E-state index in [1.807, 2.05) is 0 Å². The summed E-state index contributed by atoms with van der Waals surface area (Å²) in [7, 11) is 0. The van der Waals surface area contributed by atoms with Crippen molar-refractivity contribution in [3.63, 3.8) is 0 Å². The maximum Gasteiger partial charge on any atom is 0.407 e. The van der Waals surface area contributed by atoms with E-state index in [0.29, 0.717) is 37.3 Å². The molecule has 48 heavy (non-hydrogen) atoms. The number of rotatable bonds is 12. The van der Waals surface area contributed by atoms with Gasteiger partial charge in [0, 0.05) is 24.5 Å². The standard InChI is InChI=1S/C34H44N4O10/c1-33(2,3)47-31(45)35-17-15-19-7-11-21(12-8-19)37-27(39)23-25(29(41)42)24(26(23)30(43)44)28(40)38-22-13-9-20(10-14-22)16-18-36-32(46)48-34(4,5)6/h7-14,23-26H,15-18H2,1-6H3,(H,35,45)(H,36,46)(H,37,39)(H,38,40)(H,41,42)(H,43,44). The van der Waals surface area contributed by atoms with Crippen LogP contribution in [0.2, 0.25) is 0 Å². The molecule has 0 saturated heterocycles. The van der Waals surface area contributed by atoms with Crippen molar-refractivity contribution in [1.82, 2.24) is 10.6 Å². The second-order valence-electron chi connectivity index (χ2n) is 13.5. The van der Waals surface area contributed by atoms with E-state index in [9.17, 15) is 39.0 Å². The van der Waals surface area contributed by atoms with Gasteiger partial charge in [-0.25, -0.2) is 9.59 Å². The number of anilines is 2. The van der Waals surface area contributed by atoms with Crippen LogP contribution in [0, 0.1) is 23.7 Å². The molecule has 0 bridgehead atoms. The Labute approximate surface area is 278 Å². The monoisotopic (exact) mass is 668 g/mol. The first kappa shape index (κ1) is 37.3. The fraction of sp³-hybridized carbons (Fsp3) is 0.471. The average Bonchev–Trinajstić information content (AvgIpc) is 2.92. The molecule has 1 fully saturated rings. The van der Waals surface area contributed by atoms with Crippen molar-refractivity contribution in [2.45, 2.75) is 65.6 Å². The predicted molar refractivity (Wildman–Crippen MR) is 175 cm³/mol. The maximum atomic E-state index is 13.2. The smallest absolute Gasteiger partial charge is 0.407 e. The van der Waals surface area contributed by atoms with Crippen LogP contribution in [-0.2, 0) is 41.5 Å². The van der Waals surface area contributed by atoms with Crippen LogP contribution in [0.1, 0.15) is 52.7 Å². The summed E-state index contributed by atoms with van der Waals surface area (Å²) in [5.74, 6) is -10.7. The molecule has 14 heteroatoms. The largest absolute Gasteiger partial charge is 0.481 e. The van der Waals surface area contributed by atoms with Gasteiger partial charge in [-0.2, -0.15) is 0 Å². The van der Waals surface area contributed by atoms with Gasteiger partial charge in [-0.15, -0.1) is 0 Å². The molecule has 1 aliphatic rings.